The van der Waals surface area contributed by atoms with Crippen LogP contribution in [-0.4, -0.2) is 26.6 Å². The van der Waals surface area contributed by atoms with Crippen LogP contribution in [0.4, 0.5) is 13.2 Å². The Labute approximate surface area is 220 Å². The van der Waals surface area contributed by atoms with Gasteiger partial charge in [-0.05, 0) is 42.8 Å². The summed E-state index contributed by atoms with van der Waals surface area (Å²) in [6, 6.07) is 24.1. The fraction of sp³-hybridized carbons (Fsp3) is 0.143. The molecule has 2 aromatic heterocycles. The van der Waals surface area contributed by atoms with Crippen molar-refractivity contribution in [3.63, 3.8) is 0 Å². The van der Waals surface area contributed by atoms with Gasteiger partial charge in [-0.2, -0.15) is 18.4 Å². The number of rotatable bonds is 7. The van der Waals surface area contributed by atoms with E-state index in [1.54, 1.807) is 42.5 Å². The summed E-state index contributed by atoms with van der Waals surface area (Å²) in [5.41, 5.74) is 2.00. The smallest absolute Gasteiger partial charge is 0.417 e. The van der Waals surface area contributed by atoms with Crippen LogP contribution in [0, 0.1) is 11.3 Å². The highest BCUT2D eigenvalue weighted by molar-refractivity contribution is 7.98. The number of hydrogen-bond donors (Lipinski definition) is 0. The summed E-state index contributed by atoms with van der Waals surface area (Å²) in [5, 5.41) is 18.7. The molecule has 5 rings (SSSR count). The molecule has 0 aliphatic heterocycles. The van der Waals surface area contributed by atoms with Gasteiger partial charge in [0.2, 0.25) is 0 Å². The fourth-order valence-electron chi connectivity index (χ4n) is 3.92. The zero-order valence-corrected chi connectivity index (χ0v) is 20.9. The summed E-state index contributed by atoms with van der Waals surface area (Å²) < 4.78 is 47.5. The van der Waals surface area contributed by atoms with Crippen molar-refractivity contribution in [3.05, 3.63) is 95.6 Å². The second-order valence-corrected chi connectivity index (χ2v) is 9.18. The minimum Gasteiger partial charge on any atom is -0.492 e. The SMILES string of the molecule is CCOc1ccc(CSc2nc(-c3ccccc3)cc(C(F)(F)F)c2C#N)cc1-n1nc2ccccc2n1. The summed E-state index contributed by atoms with van der Waals surface area (Å²) in [4.78, 5) is 5.93. The van der Waals surface area contributed by atoms with E-state index in [0.717, 1.165) is 34.4 Å². The van der Waals surface area contributed by atoms with Gasteiger partial charge in [0.25, 0.3) is 0 Å². The highest BCUT2D eigenvalue weighted by Crippen LogP contribution is 2.39. The molecule has 6 nitrogen and oxygen atoms in total. The average molecular weight is 532 g/mol. The lowest BCUT2D eigenvalue weighted by molar-refractivity contribution is -0.138. The van der Waals surface area contributed by atoms with Crippen LogP contribution in [0.3, 0.4) is 0 Å². The molecule has 0 atom stereocenters. The third kappa shape index (κ3) is 5.19. The van der Waals surface area contributed by atoms with Crippen LogP contribution < -0.4 is 4.74 Å². The van der Waals surface area contributed by atoms with Crippen LogP contribution in [0.5, 0.6) is 5.75 Å². The number of pyridine rings is 1. The van der Waals surface area contributed by atoms with Crippen molar-refractivity contribution in [3.8, 4) is 28.8 Å². The fourth-order valence-corrected chi connectivity index (χ4v) is 4.87. The van der Waals surface area contributed by atoms with Crippen molar-refractivity contribution < 1.29 is 17.9 Å². The van der Waals surface area contributed by atoms with Gasteiger partial charge in [0.15, 0.2) is 0 Å². The number of fused-ring (bicyclic) bond motifs is 1. The Bertz CT molecular complexity index is 1610. The summed E-state index contributed by atoms with van der Waals surface area (Å²) in [6.07, 6.45) is -4.70. The second-order valence-electron chi connectivity index (χ2n) is 8.21. The highest BCUT2D eigenvalue weighted by atomic mass is 32.2. The van der Waals surface area contributed by atoms with Gasteiger partial charge in [-0.25, -0.2) is 4.98 Å². The summed E-state index contributed by atoms with van der Waals surface area (Å²) >= 11 is 1.07. The lowest BCUT2D eigenvalue weighted by Gasteiger charge is -2.15. The molecule has 0 fully saturated rings. The Kier molecular flexibility index (Phi) is 7.03. The van der Waals surface area contributed by atoms with Gasteiger partial charge < -0.3 is 4.74 Å². The second kappa shape index (κ2) is 10.6. The largest absolute Gasteiger partial charge is 0.492 e. The van der Waals surface area contributed by atoms with Gasteiger partial charge in [0, 0.05) is 11.3 Å². The Morgan fingerprint density at radius 2 is 1.63 bits per heavy atom. The molecule has 0 radical (unpaired) electrons. The summed E-state index contributed by atoms with van der Waals surface area (Å²) in [7, 11) is 0. The van der Waals surface area contributed by atoms with E-state index in [-0.39, 0.29) is 16.5 Å². The topological polar surface area (TPSA) is 76.6 Å². The van der Waals surface area contributed by atoms with Crippen LogP contribution in [0.25, 0.3) is 28.0 Å². The molecule has 3 aromatic carbocycles. The molecule has 0 aliphatic rings. The summed E-state index contributed by atoms with van der Waals surface area (Å²) in [5.74, 6) is 0.833. The maximum absolute atomic E-state index is 13.9. The quantitative estimate of drug-likeness (QED) is 0.209. The first-order valence-corrected chi connectivity index (χ1v) is 12.6. The molecule has 0 spiro atoms. The first-order chi connectivity index (χ1) is 18.4. The molecule has 0 amide bonds. The van der Waals surface area contributed by atoms with Crippen molar-refractivity contribution >= 4 is 22.8 Å². The molecular weight excluding hydrogens is 511 g/mol. The molecule has 5 aromatic rings. The molecule has 0 N–H and O–H groups in total. The van der Waals surface area contributed by atoms with Crippen LogP contribution >= 0.6 is 11.8 Å². The standard InChI is InChI=1S/C28H20F3N5OS/c1-2-37-26-13-12-18(14-25(26)36-34-22-10-6-7-11-23(22)35-36)17-38-27-20(16-32)21(28(29,30)31)15-24(33-27)19-8-4-3-5-9-19/h3-15H,2,17H2,1H3. The van der Waals surface area contributed by atoms with Gasteiger partial charge in [-0.1, -0.05) is 48.5 Å². The lowest BCUT2D eigenvalue weighted by atomic mass is 10.1. The molecule has 38 heavy (non-hydrogen) atoms. The minimum atomic E-state index is -4.70. The summed E-state index contributed by atoms with van der Waals surface area (Å²) in [6.45, 7) is 2.30. The number of alkyl halides is 3. The Morgan fingerprint density at radius 1 is 0.947 bits per heavy atom. The van der Waals surface area contributed by atoms with Crippen LogP contribution in [-0.2, 0) is 11.9 Å². The van der Waals surface area contributed by atoms with E-state index in [1.807, 2.05) is 43.3 Å². The van der Waals surface area contributed by atoms with E-state index in [0.29, 0.717) is 23.6 Å². The Hall–Kier alpha value is -4.36. The molecule has 190 valence electrons. The van der Waals surface area contributed by atoms with E-state index in [1.165, 1.54) is 4.80 Å². The lowest BCUT2D eigenvalue weighted by Crippen LogP contribution is -2.10. The van der Waals surface area contributed by atoms with E-state index < -0.39 is 17.3 Å². The number of aromatic nitrogens is 4. The molecule has 0 bridgehead atoms. The Morgan fingerprint density at radius 3 is 2.26 bits per heavy atom. The molecule has 0 saturated heterocycles. The van der Waals surface area contributed by atoms with Gasteiger partial charge in [0.05, 0.1) is 23.4 Å². The maximum atomic E-state index is 13.9. The Balaban J connectivity index is 1.52. The molecule has 0 saturated carbocycles. The van der Waals surface area contributed by atoms with Gasteiger partial charge in [0.1, 0.15) is 33.6 Å². The first-order valence-electron chi connectivity index (χ1n) is 11.7. The highest BCUT2D eigenvalue weighted by Gasteiger charge is 2.36. The molecule has 10 heteroatoms. The number of nitrogens with zero attached hydrogens (tertiary/aromatic N) is 5. The van der Waals surface area contributed by atoms with E-state index in [2.05, 4.69) is 15.2 Å². The van der Waals surface area contributed by atoms with Crippen molar-refractivity contribution in [2.75, 3.05) is 6.61 Å². The van der Waals surface area contributed by atoms with Crippen LogP contribution in [0.1, 0.15) is 23.6 Å². The predicted molar refractivity (Wildman–Crippen MR) is 139 cm³/mol. The van der Waals surface area contributed by atoms with Crippen molar-refractivity contribution in [2.45, 2.75) is 23.9 Å². The van der Waals surface area contributed by atoms with Crippen molar-refractivity contribution in [2.24, 2.45) is 0 Å². The van der Waals surface area contributed by atoms with E-state index >= 15 is 0 Å². The van der Waals surface area contributed by atoms with Gasteiger partial charge in [-0.15, -0.1) is 26.8 Å². The number of hydrogen-bond acceptors (Lipinski definition) is 6. The maximum Gasteiger partial charge on any atom is 0.417 e. The third-order valence-electron chi connectivity index (χ3n) is 5.67. The zero-order chi connectivity index (χ0) is 26.7. The van der Waals surface area contributed by atoms with E-state index in [4.69, 9.17) is 4.74 Å². The van der Waals surface area contributed by atoms with Gasteiger partial charge >= 0.3 is 6.18 Å². The number of nitriles is 1. The number of benzene rings is 3. The first kappa shape index (κ1) is 25.3. The minimum absolute atomic E-state index is 0.0135. The average Bonchev–Trinajstić information content (AvgIpc) is 3.36. The van der Waals surface area contributed by atoms with Crippen molar-refractivity contribution in [1.82, 2.24) is 20.0 Å². The van der Waals surface area contributed by atoms with Gasteiger partial charge in [-0.3, -0.25) is 0 Å². The third-order valence-corrected chi connectivity index (χ3v) is 6.72. The van der Waals surface area contributed by atoms with Crippen molar-refractivity contribution in [1.29, 1.82) is 5.26 Å². The normalized spacial score (nSPS) is 11.4. The molecular formula is C28H20F3N5OS. The monoisotopic (exact) mass is 531 g/mol. The molecule has 2 heterocycles. The molecule has 0 aliphatic carbocycles. The number of halogens is 3. The predicted octanol–water partition coefficient (Wildman–Crippen LogP) is 7.06. The van der Waals surface area contributed by atoms with Crippen LogP contribution in [0.15, 0.2) is 83.9 Å². The van der Waals surface area contributed by atoms with E-state index in [9.17, 15) is 18.4 Å². The number of thioether (sulfide) groups is 1. The molecule has 0 unspecified atom stereocenters. The number of ether oxygens (including phenoxy) is 1. The van der Waals surface area contributed by atoms with Crippen LogP contribution in [0.2, 0.25) is 0 Å². The zero-order valence-electron chi connectivity index (χ0n) is 20.1.